The zero-order chi connectivity index (χ0) is 21.5. The smallest absolute Gasteiger partial charge is 0.337 e. The number of aromatic amines is 1. The number of nitriles is 1. The number of hydrogen-bond acceptors (Lipinski definition) is 5. The molecule has 1 heterocycles. The van der Waals surface area contributed by atoms with Crippen molar-refractivity contribution in [2.45, 2.75) is 13.3 Å². The largest absolute Gasteiger partial charge is 0.465 e. The van der Waals surface area contributed by atoms with Gasteiger partial charge in [0.05, 0.1) is 30.5 Å². The Kier molecular flexibility index (Phi) is 6.45. The maximum Gasteiger partial charge on any atom is 0.337 e. The second kappa shape index (κ2) is 9.39. The molecule has 0 aliphatic heterocycles. The Labute approximate surface area is 174 Å². The summed E-state index contributed by atoms with van der Waals surface area (Å²) in [5.74, 6) is -0.161. The number of aromatic nitrogens is 1. The maximum absolute atomic E-state index is 11.4. The monoisotopic (exact) mass is 402 g/mol. The number of aryl methyl sites for hydroxylation is 1. The minimum absolute atomic E-state index is 0.200. The molecule has 0 bridgehead atoms. The van der Waals surface area contributed by atoms with Gasteiger partial charge in [-0.05, 0) is 48.7 Å². The fourth-order valence-corrected chi connectivity index (χ4v) is 3.04. The molecule has 0 saturated carbocycles. The van der Waals surface area contributed by atoms with Crippen LogP contribution >= 0.6 is 0 Å². The Hall–Kier alpha value is -4.12. The van der Waals surface area contributed by atoms with Crippen molar-refractivity contribution < 1.29 is 9.53 Å². The third-order valence-corrected chi connectivity index (χ3v) is 4.59. The lowest BCUT2D eigenvalue weighted by molar-refractivity contribution is 0.0600. The molecular weight excluding hydrogens is 380 g/mol. The lowest BCUT2D eigenvalue weighted by Gasteiger charge is -2.03. The summed E-state index contributed by atoms with van der Waals surface area (Å²) in [6.45, 7) is 2.43. The van der Waals surface area contributed by atoms with E-state index in [1.807, 2.05) is 37.4 Å². The van der Waals surface area contributed by atoms with E-state index in [9.17, 15) is 4.79 Å². The molecule has 8 nitrogen and oxygen atoms in total. The van der Waals surface area contributed by atoms with Gasteiger partial charge in [-0.2, -0.15) is 10.4 Å². The van der Waals surface area contributed by atoms with Crippen LogP contribution in [0.3, 0.4) is 0 Å². The van der Waals surface area contributed by atoms with E-state index in [1.165, 1.54) is 7.11 Å². The Balaban J connectivity index is 1.57. The van der Waals surface area contributed by atoms with Crippen molar-refractivity contribution >= 4 is 29.0 Å². The number of guanidine groups is 1. The molecule has 0 spiro atoms. The Bertz CT molecular complexity index is 1150. The number of nitrogens with two attached hydrogens (primary N) is 1. The second-order valence-electron chi connectivity index (χ2n) is 6.65. The van der Waals surface area contributed by atoms with Crippen LogP contribution in [0.5, 0.6) is 0 Å². The molecular formula is C22H22N6O2. The van der Waals surface area contributed by atoms with Crippen LogP contribution in [0.25, 0.3) is 10.9 Å². The first-order chi connectivity index (χ1) is 14.5. The number of hydrazone groups is 1. The highest BCUT2D eigenvalue weighted by atomic mass is 16.5. The van der Waals surface area contributed by atoms with Crippen molar-refractivity contribution in [3.8, 4) is 6.07 Å². The van der Waals surface area contributed by atoms with Crippen LogP contribution in [0, 0.1) is 18.3 Å². The highest BCUT2D eigenvalue weighted by molar-refractivity contribution is 6.01. The molecule has 30 heavy (non-hydrogen) atoms. The Morgan fingerprint density at radius 2 is 2.10 bits per heavy atom. The number of ether oxygens (including phenoxy) is 1. The first-order valence-corrected chi connectivity index (χ1v) is 9.30. The predicted molar refractivity (Wildman–Crippen MR) is 116 cm³/mol. The van der Waals surface area contributed by atoms with E-state index in [0.717, 1.165) is 27.6 Å². The van der Waals surface area contributed by atoms with Gasteiger partial charge < -0.3 is 15.5 Å². The third kappa shape index (κ3) is 4.83. The number of fused-ring (bicyclic) bond motifs is 1. The molecule has 0 amide bonds. The van der Waals surface area contributed by atoms with E-state index in [2.05, 4.69) is 31.3 Å². The molecule has 0 saturated heterocycles. The first-order valence-electron chi connectivity index (χ1n) is 9.30. The molecule has 4 N–H and O–H groups in total. The number of hydrogen-bond donors (Lipinski definition) is 3. The quantitative estimate of drug-likeness (QED) is 0.253. The van der Waals surface area contributed by atoms with E-state index in [1.54, 1.807) is 18.3 Å². The molecule has 2 aromatic carbocycles. The standard InChI is InChI=1S/C22H22N6O2/c1-14-9-16(11-23)10-19-18(12-26-20(14)19)13-27-28-22(24)25-8-7-15-3-5-17(6-4-15)21(29)30-2/h3-6,9-10,12-13,26H,7-8H2,1-2H3,(H3,24,25,28)/b27-13+. The van der Waals surface area contributed by atoms with Crippen LogP contribution in [-0.2, 0) is 11.2 Å². The summed E-state index contributed by atoms with van der Waals surface area (Å²) in [5.41, 5.74) is 13.5. The van der Waals surface area contributed by atoms with Crippen LogP contribution in [0.2, 0.25) is 0 Å². The van der Waals surface area contributed by atoms with Crippen LogP contribution in [0.15, 0.2) is 52.7 Å². The van der Waals surface area contributed by atoms with Gasteiger partial charge in [0.25, 0.3) is 0 Å². The van der Waals surface area contributed by atoms with E-state index in [4.69, 9.17) is 11.0 Å². The number of carbonyl (C=O) groups is 1. The normalized spacial score (nSPS) is 11.6. The molecule has 0 atom stereocenters. The van der Waals surface area contributed by atoms with E-state index in [-0.39, 0.29) is 11.9 Å². The summed E-state index contributed by atoms with van der Waals surface area (Å²) in [6.07, 6.45) is 4.13. The minimum atomic E-state index is -0.361. The third-order valence-electron chi connectivity index (χ3n) is 4.59. The first kappa shape index (κ1) is 20.6. The highest BCUT2D eigenvalue weighted by Gasteiger charge is 2.06. The molecule has 3 aromatic rings. The second-order valence-corrected chi connectivity index (χ2v) is 6.65. The van der Waals surface area contributed by atoms with E-state index < -0.39 is 0 Å². The zero-order valence-electron chi connectivity index (χ0n) is 16.8. The summed E-state index contributed by atoms with van der Waals surface area (Å²) in [7, 11) is 1.35. The number of rotatable bonds is 6. The summed E-state index contributed by atoms with van der Waals surface area (Å²) < 4.78 is 4.68. The minimum Gasteiger partial charge on any atom is -0.465 e. The van der Waals surface area contributed by atoms with Gasteiger partial charge in [-0.3, -0.25) is 4.99 Å². The molecule has 152 valence electrons. The van der Waals surface area contributed by atoms with Crippen LogP contribution in [0.1, 0.15) is 32.6 Å². The van der Waals surface area contributed by atoms with Gasteiger partial charge in [0.1, 0.15) is 0 Å². The van der Waals surface area contributed by atoms with Crippen molar-refractivity contribution in [3.05, 3.63) is 70.4 Å². The molecule has 0 unspecified atom stereocenters. The average molecular weight is 402 g/mol. The van der Waals surface area contributed by atoms with Gasteiger partial charge in [0, 0.05) is 29.2 Å². The van der Waals surface area contributed by atoms with Crippen molar-refractivity contribution in [1.82, 2.24) is 10.4 Å². The highest BCUT2D eigenvalue weighted by Crippen LogP contribution is 2.22. The summed E-state index contributed by atoms with van der Waals surface area (Å²) in [6, 6.07) is 13.0. The van der Waals surface area contributed by atoms with Crippen LogP contribution in [0.4, 0.5) is 0 Å². The van der Waals surface area contributed by atoms with Crippen molar-refractivity contribution in [2.75, 3.05) is 13.7 Å². The molecule has 0 radical (unpaired) electrons. The van der Waals surface area contributed by atoms with Crippen molar-refractivity contribution in [2.24, 2.45) is 15.8 Å². The molecule has 1 aromatic heterocycles. The molecule has 0 aliphatic rings. The van der Waals surface area contributed by atoms with Gasteiger partial charge in [0.2, 0.25) is 5.96 Å². The number of benzene rings is 2. The number of aliphatic imine (C=N–C) groups is 1. The lowest BCUT2D eigenvalue weighted by atomic mass is 10.1. The average Bonchev–Trinajstić information content (AvgIpc) is 3.17. The molecule has 0 aliphatic carbocycles. The SMILES string of the molecule is COC(=O)c1ccc(CCN=C(N)N/N=C/c2c[nH]c3c(C)cc(C#N)cc23)cc1. The Morgan fingerprint density at radius 3 is 2.80 bits per heavy atom. The van der Waals surface area contributed by atoms with E-state index in [0.29, 0.717) is 24.1 Å². The van der Waals surface area contributed by atoms with Crippen LogP contribution in [-0.4, -0.2) is 36.8 Å². The van der Waals surface area contributed by atoms with Crippen molar-refractivity contribution in [1.29, 1.82) is 5.26 Å². The maximum atomic E-state index is 11.4. The molecule has 8 heteroatoms. The topological polar surface area (TPSA) is 129 Å². The summed E-state index contributed by atoms with van der Waals surface area (Å²) >= 11 is 0. The number of nitrogens with zero attached hydrogens (tertiary/aromatic N) is 3. The predicted octanol–water partition coefficient (Wildman–Crippen LogP) is 2.62. The van der Waals surface area contributed by atoms with Crippen LogP contribution < -0.4 is 11.2 Å². The fraction of sp³-hybridized carbons (Fsp3) is 0.182. The number of methoxy groups -OCH3 is 1. The van der Waals surface area contributed by atoms with Gasteiger partial charge in [-0.1, -0.05) is 12.1 Å². The van der Waals surface area contributed by atoms with Gasteiger partial charge in [-0.25, -0.2) is 10.2 Å². The lowest BCUT2D eigenvalue weighted by Crippen LogP contribution is -2.27. The van der Waals surface area contributed by atoms with Gasteiger partial charge >= 0.3 is 5.97 Å². The molecule has 3 rings (SSSR count). The number of nitrogens with one attached hydrogen (secondary N) is 2. The number of esters is 1. The van der Waals surface area contributed by atoms with E-state index >= 15 is 0 Å². The van der Waals surface area contributed by atoms with Gasteiger partial charge in [0.15, 0.2) is 0 Å². The number of carbonyl (C=O) groups excluding carboxylic acids is 1. The summed E-state index contributed by atoms with van der Waals surface area (Å²) in [4.78, 5) is 18.9. The van der Waals surface area contributed by atoms with Gasteiger partial charge in [-0.15, -0.1) is 0 Å². The summed E-state index contributed by atoms with van der Waals surface area (Å²) in [5, 5.41) is 14.2. The van der Waals surface area contributed by atoms with Crippen molar-refractivity contribution in [3.63, 3.8) is 0 Å². The zero-order valence-corrected chi connectivity index (χ0v) is 16.8. The molecule has 0 fully saturated rings. The fourth-order valence-electron chi connectivity index (χ4n) is 3.04. The Morgan fingerprint density at radius 1 is 1.33 bits per heavy atom. The number of H-pyrrole nitrogens is 1.